The first-order chi connectivity index (χ1) is 8.73. The van der Waals surface area contributed by atoms with Crippen LogP contribution in [0.5, 0.6) is 0 Å². The number of nitrogens with zero attached hydrogens (tertiary/aromatic N) is 1. The Morgan fingerprint density at radius 1 is 1.32 bits per heavy atom. The molecule has 1 fully saturated rings. The predicted octanol–water partition coefficient (Wildman–Crippen LogP) is -0.779. The standard InChI is InChI=1S/C12H25N3O3S/c1-12(2,15-8-6-13-7-9-15)11(16)14-5-4-10-19(3,17)18/h13H,4-10H2,1-3H3,(H,14,16). The highest BCUT2D eigenvalue weighted by Gasteiger charge is 2.34. The van der Waals surface area contributed by atoms with Crippen LogP contribution in [0.25, 0.3) is 0 Å². The van der Waals surface area contributed by atoms with Gasteiger partial charge in [-0.25, -0.2) is 8.42 Å². The van der Waals surface area contributed by atoms with Crippen molar-refractivity contribution in [3.63, 3.8) is 0 Å². The van der Waals surface area contributed by atoms with Gasteiger partial charge in [0.25, 0.3) is 0 Å². The Morgan fingerprint density at radius 3 is 2.42 bits per heavy atom. The number of amides is 1. The SMILES string of the molecule is CC(C)(C(=O)NCCCS(C)(=O)=O)N1CCNCC1. The maximum atomic E-state index is 12.2. The number of hydrogen-bond donors (Lipinski definition) is 2. The molecule has 0 spiro atoms. The first kappa shape index (κ1) is 16.4. The second-order valence-corrected chi connectivity index (χ2v) is 7.80. The summed E-state index contributed by atoms with van der Waals surface area (Å²) in [5.74, 6) is 0.0735. The molecule has 0 atom stereocenters. The third-order valence-corrected chi connectivity index (χ3v) is 4.47. The number of sulfone groups is 1. The molecule has 0 unspecified atom stereocenters. The van der Waals surface area contributed by atoms with Crippen LogP contribution >= 0.6 is 0 Å². The second-order valence-electron chi connectivity index (χ2n) is 5.54. The van der Waals surface area contributed by atoms with Gasteiger partial charge in [-0.1, -0.05) is 0 Å². The number of nitrogens with one attached hydrogen (secondary N) is 2. The lowest BCUT2D eigenvalue weighted by Gasteiger charge is -2.39. The molecule has 0 aromatic rings. The molecule has 1 heterocycles. The summed E-state index contributed by atoms with van der Waals surface area (Å²) in [5, 5.41) is 6.08. The zero-order valence-electron chi connectivity index (χ0n) is 12.0. The second kappa shape index (κ2) is 6.67. The zero-order chi connectivity index (χ0) is 14.5. The molecule has 1 amide bonds. The fraction of sp³-hybridized carbons (Fsp3) is 0.917. The van der Waals surface area contributed by atoms with E-state index < -0.39 is 15.4 Å². The van der Waals surface area contributed by atoms with Crippen LogP contribution in [0.15, 0.2) is 0 Å². The number of hydrogen-bond acceptors (Lipinski definition) is 5. The molecule has 0 aromatic heterocycles. The van der Waals surface area contributed by atoms with E-state index in [1.54, 1.807) is 0 Å². The molecule has 0 aromatic carbocycles. The van der Waals surface area contributed by atoms with E-state index in [1.807, 2.05) is 13.8 Å². The van der Waals surface area contributed by atoms with E-state index in [-0.39, 0.29) is 11.7 Å². The average Bonchev–Trinajstić information content (AvgIpc) is 2.34. The normalized spacial score (nSPS) is 18.3. The van der Waals surface area contributed by atoms with Gasteiger partial charge in [-0.3, -0.25) is 9.69 Å². The molecule has 0 aliphatic carbocycles. The van der Waals surface area contributed by atoms with Gasteiger partial charge in [0, 0.05) is 39.0 Å². The highest BCUT2D eigenvalue weighted by Crippen LogP contribution is 2.15. The van der Waals surface area contributed by atoms with E-state index in [4.69, 9.17) is 0 Å². The molecular weight excluding hydrogens is 266 g/mol. The Kier molecular flexibility index (Phi) is 5.76. The summed E-state index contributed by atoms with van der Waals surface area (Å²) in [6.45, 7) is 7.71. The highest BCUT2D eigenvalue weighted by molar-refractivity contribution is 7.90. The maximum absolute atomic E-state index is 12.2. The van der Waals surface area contributed by atoms with E-state index in [9.17, 15) is 13.2 Å². The van der Waals surface area contributed by atoms with Crippen molar-refractivity contribution in [1.82, 2.24) is 15.5 Å². The third-order valence-electron chi connectivity index (χ3n) is 3.44. The van der Waals surface area contributed by atoms with Crippen LogP contribution in [-0.2, 0) is 14.6 Å². The zero-order valence-corrected chi connectivity index (χ0v) is 12.8. The van der Waals surface area contributed by atoms with Crippen LogP contribution in [0.1, 0.15) is 20.3 Å². The number of rotatable bonds is 6. The first-order valence-corrected chi connectivity index (χ1v) is 8.71. The van der Waals surface area contributed by atoms with Gasteiger partial charge in [-0.2, -0.15) is 0 Å². The highest BCUT2D eigenvalue weighted by atomic mass is 32.2. The van der Waals surface area contributed by atoms with Gasteiger partial charge in [0.2, 0.25) is 5.91 Å². The third kappa shape index (κ3) is 5.46. The molecule has 19 heavy (non-hydrogen) atoms. The fourth-order valence-electron chi connectivity index (χ4n) is 2.12. The van der Waals surface area contributed by atoms with Crippen LogP contribution in [0.2, 0.25) is 0 Å². The van der Waals surface area contributed by atoms with Crippen molar-refractivity contribution in [2.45, 2.75) is 25.8 Å². The minimum absolute atomic E-state index is 0.0390. The molecule has 1 rings (SSSR count). The summed E-state index contributed by atoms with van der Waals surface area (Å²) in [4.78, 5) is 14.3. The van der Waals surface area contributed by atoms with Gasteiger partial charge in [-0.05, 0) is 20.3 Å². The van der Waals surface area contributed by atoms with Crippen molar-refractivity contribution in [1.29, 1.82) is 0 Å². The quantitative estimate of drug-likeness (QED) is 0.628. The van der Waals surface area contributed by atoms with Crippen molar-refractivity contribution in [2.24, 2.45) is 0 Å². The summed E-state index contributed by atoms with van der Waals surface area (Å²) in [7, 11) is -2.95. The van der Waals surface area contributed by atoms with Crippen LogP contribution in [0.4, 0.5) is 0 Å². The number of piperazine rings is 1. The summed E-state index contributed by atoms with van der Waals surface area (Å²) in [5.41, 5.74) is -0.548. The van der Waals surface area contributed by atoms with Crippen molar-refractivity contribution < 1.29 is 13.2 Å². The van der Waals surface area contributed by atoms with E-state index in [0.717, 1.165) is 26.2 Å². The largest absolute Gasteiger partial charge is 0.354 e. The molecule has 6 nitrogen and oxygen atoms in total. The topological polar surface area (TPSA) is 78.5 Å². The smallest absolute Gasteiger partial charge is 0.239 e. The molecule has 7 heteroatoms. The molecule has 1 aliphatic heterocycles. The molecule has 0 bridgehead atoms. The summed E-state index contributed by atoms with van der Waals surface area (Å²) < 4.78 is 22.0. The molecule has 1 saturated heterocycles. The van der Waals surface area contributed by atoms with Crippen LogP contribution in [-0.4, -0.2) is 69.5 Å². The van der Waals surface area contributed by atoms with Crippen molar-refractivity contribution in [3.8, 4) is 0 Å². The molecule has 0 saturated carbocycles. The predicted molar refractivity (Wildman–Crippen MR) is 75.9 cm³/mol. The summed E-state index contributed by atoms with van der Waals surface area (Å²) in [6, 6.07) is 0. The van der Waals surface area contributed by atoms with E-state index in [2.05, 4.69) is 15.5 Å². The summed E-state index contributed by atoms with van der Waals surface area (Å²) >= 11 is 0. The van der Waals surface area contributed by atoms with Crippen molar-refractivity contribution in [2.75, 3.05) is 44.7 Å². The lowest BCUT2D eigenvalue weighted by Crippen LogP contribution is -2.60. The molecule has 112 valence electrons. The molecule has 2 N–H and O–H groups in total. The van der Waals surface area contributed by atoms with Gasteiger partial charge in [-0.15, -0.1) is 0 Å². The van der Waals surface area contributed by atoms with Gasteiger partial charge in [0.15, 0.2) is 0 Å². The maximum Gasteiger partial charge on any atom is 0.239 e. The van der Waals surface area contributed by atoms with Gasteiger partial charge < -0.3 is 10.6 Å². The lowest BCUT2D eigenvalue weighted by atomic mass is 10.0. The Labute approximate surface area is 115 Å². The van der Waals surface area contributed by atoms with Crippen molar-refractivity contribution in [3.05, 3.63) is 0 Å². The Hall–Kier alpha value is -0.660. The average molecular weight is 291 g/mol. The van der Waals surface area contributed by atoms with Gasteiger partial charge in [0.05, 0.1) is 11.3 Å². The summed E-state index contributed by atoms with van der Waals surface area (Å²) in [6.07, 6.45) is 1.67. The Morgan fingerprint density at radius 2 is 1.89 bits per heavy atom. The first-order valence-electron chi connectivity index (χ1n) is 6.65. The Balaban J connectivity index is 2.38. The fourth-order valence-corrected chi connectivity index (χ4v) is 2.79. The van der Waals surface area contributed by atoms with E-state index >= 15 is 0 Å². The van der Waals surface area contributed by atoms with E-state index in [0.29, 0.717) is 13.0 Å². The minimum atomic E-state index is -2.95. The number of carbonyl (C=O) groups excluding carboxylic acids is 1. The van der Waals surface area contributed by atoms with Crippen LogP contribution < -0.4 is 10.6 Å². The van der Waals surface area contributed by atoms with Crippen LogP contribution in [0, 0.1) is 0 Å². The van der Waals surface area contributed by atoms with Gasteiger partial charge >= 0.3 is 0 Å². The van der Waals surface area contributed by atoms with Crippen LogP contribution in [0.3, 0.4) is 0 Å². The Bertz CT molecular complexity index is 400. The lowest BCUT2D eigenvalue weighted by molar-refractivity contribution is -0.132. The molecule has 0 radical (unpaired) electrons. The van der Waals surface area contributed by atoms with E-state index in [1.165, 1.54) is 6.26 Å². The van der Waals surface area contributed by atoms with Gasteiger partial charge in [0.1, 0.15) is 9.84 Å². The monoisotopic (exact) mass is 291 g/mol. The number of carbonyl (C=O) groups is 1. The van der Waals surface area contributed by atoms with Crippen molar-refractivity contribution >= 4 is 15.7 Å². The molecular formula is C12H25N3O3S. The molecule has 1 aliphatic rings. The minimum Gasteiger partial charge on any atom is -0.354 e.